The number of benzene rings is 1. The Balaban J connectivity index is 2.14. The lowest BCUT2D eigenvalue weighted by Gasteiger charge is -2.40. The number of nitrogens with zero attached hydrogens (tertiary/aromatic N) is 1. The topological polar surface area (TPSA) is 3.24 Å². The number of alkyl halides is 1. The number of halogens is 2. The Morgan fingerprint density at radius 3 is 2.53 bits per heavy atom. The van der Waals surface area contributed by atoms with Crippen LogP contribution in [0.1, 0.15) is 45.1 Å². The van der Waals surface area contributed by atoms with E-state index in [9.17, 15) is 0 Å². The quantitative estimate of drug-likeness (QED) is 0.641. The van der Waals surface area contributed by atoms with Crippen LogP contribution < -0.4 is 4.90 Å². The molecule has 0 saturated heterocycles. The fourth-order valence-corrected chi connectivity index (χ4v) is 3.62. The Morgan fingerprint density at radius 2 is 1.95 bits per heavy atom. The fourth-order valence-electron chi connectivity index (χ4n) is 2.97. The van der Waals surface area contributed by atoms with Crippen LogP contribution in [0.2, 0.25) is 5.02 Å². The van der Waals surface area contributed by atoms with Gasteiger partial charge in [-0.05, 0) is 54.9 Å². The maximum Gasteiger partial charge on any atom is 0.0410 e. The van der Waals surface area contributed by atoms with Crippen molar-refractivity contribution in [3.8, 4) is 0 Å². The van der Waals surface area contributed by atoms with E-state index < -0.39 is 0 Å². The van der Waals surface area contributed by atoms with Crippen LogP contribution in [0.25, 0.3) is 0 Å². The molecule has 0 amide bonds. The van der Waals surface area contributed by atoms with Gasteiger partial charge >= 0.3 is 0 Å². The zero-order valence-corrected chi connectivity index (χ0v) is 14.4. The predicted octanol–water partition coefficient (Wildman–Crippen LogP) is 5.64. The van der Waals surface area contributed by atoms with Gasteiger partial charge in [0.15, 0.2) is 0 Å². The maximum atomic E-state index is 6.08. The van der Waals surface area contributed by atoms with Crippen molar-refractivity contribution in [3.05, 3.63) is 28.8 Å². The van der Waals surface area contributed by atoms with Gasteiger partial charge in [0.2, 0.25) is 0 Å². The van der Waals surface area contributed by atoms with Gasteiger partial charge in [0, 0.05) is 29.1 Å². The molecule has 0 heterocycles. The first-order valence-electron chi connectivity index (χ1n) is 7.00. The van der Waals surface area contributed by atoms with Crippen molar-refractivity contribution in [2.75, 3.05) is 11.9 Å². The third kappa shape index (κ3) is 3.66. The van der Waals surface area contributed by atoms with Crippen LogP contribution in [0.4, 0.5) is 5.69 Å². The van der Waals surface area contributed by atoms with Crippen LogP contribution in [0.3, 0.4) is 0 Å². The van der Waals surface area contributed by atoms with Crippen LogP contribution in [-0.2, 0) is 5.33 Å². The van der Waals surface area contributed by atoms with E-state index >= 15 is 0 Å². The van der Waals surface area contributed by atoms with E-state index in [2.05, 4.69) is 53.9 Å². The molecule has 0 atom stereocenters. The van der Waals surface area contributed by atoms with Gasteiger partial charge in [-0.3, -0.25) is 0 Å². The molecule has 1 aliphatic rings. The lowest BCUT2D eigenvalue weighted by molar-refractivity contribution is 0.222. The molecule has 1 nitrogen and oxygen atoms in total. The minimum absolute atomic E-state index is 0.523. The van der Waals surface area contributed by atoms with Crippen molar-refractivity contribution < 1.29 is 0 Å². The Kier molecular flexibility index (Phi) is 4.84. The zero-order chi connectivity index (χ0) is 14.0. The molecule has 0 bridgehead atoms. The summed E-state index contributed by atoms with van der Waals surface area (Å²) >= 11 is 9.65. The first-order valence-corrected chi connectivity index (χ1v) is 8.50. The Labute approximate surface area is 130 Å². The summed E-state index contributed by atoms with van der Waals surface area (Å²) in [5.74, 6) is 0. The van der Waals surface area contributed by atoms with Gasteiger partial charge < -0.3 is 4.90 Å². The Hall–Kier alpha value is -0.210. The van der Waals surface area contributed by atoms with Crippen molar-refractivity contribution in [2.24, 2.45) is 5.41 Å². The van der Waals surface area contributed by atoms with Gasteiger partial charge in [-0.1, -0.05) is 41.4 Å². The van der Waals surface area contributed by atoms with E-state index in [0.29, 0.717) is 11.5 Å². The van der Waals surface area contributed by atoms with E-state index in [1.807, 2.05) is 6.07 Å². The average molecular weight is 345 g/mol. The van der Waals surface area contributed by atoms with Gasteiger partial charge in [0.25, 0.3) is 0 Å². The normalized spacial score (nSPS) is 19.4. The second kappa shape index (κ2) is 6.05. The molecule has 3 heteroatoms. The number of anilines is 1. The van der Waals surface area contributed by atoms with Crippen LogP contribution in [0.15, 0.2) is 18.2 Å². The molecule has 106 valence electrons. The minimum Gasteiger partial charge on any atom is -0.371 e. The summed E-state index contributed by atoms with van der Waals surface area (Å²) in [4.78, 5) is 2.45. The third-order valence-corrected chi connectivity index (χ3v) is 5.26. The van der Waals surface area contributed by atoms with E-state index in [-0.39, 0.29) is 0 Å². The van der Waals surface area contributed by atoms with E-state index in [4.69, 9.17) is 11.6 Å². The molecule has 19 heavy (non-hydrogen) atoms. The molecule has 0 spiro atoms. The van der Waals surface area contributed by atoms with Crippen LogP contribution in [0.5, 0.6) is 0 Å². The first-order chi connectivity index (χ1) is 8.93. The van der Waals surface area contributed by atoms with Gasteiger partial charge in [0.05, 0.1) is 0 Å². The molecule has 0 aliphatic heterocycles. The molecule has 1 aromatic rings. The van der Waals surface area contributed by atoms with Crippen LogP contribution in [0, 0.1) is 5.41 Å². The fraction of sp³-hybridized carbons (Fsp3) is 0.625. The highest BCUT2D eigenvalue weighted by Crippen LogP contribution is 2.38. The SMILES string of the molecule is CN(c1ccc(Cl)cc1CBr)C1CCC(C)(C)CC1. The van der Waals surface area contributed by atoms with Crippen molar-refractivity contribution in [3.63, 3.8) is 0 Å². The second-order valence-corrected chi connectivity index (χ2v) is 7.41. The highest BCUT2D eigenvalue weighted by Gasteiger charge is 2.29. The van der Waals surface area contributed by atoms with Gasteiger partial charge in [-0.2, -0.15) is 0 Å². The summed E-state index contributed by atoms with van der Waals surface area (Å²) in [6, 6.07) is 6.87. The summed E-state index contributed by atoms with van der Waals surface area (Å²) in [7, 11) is 2.22. The van der Waals surface area contributed by atoms with Crippen molar-refractivity contribution in [1.82, 2.24) is 0 Å². The standard InChI is InChI=1S/C16H23BrClN/c1-16(2)8-6-14(7-9-16)19(3)15-5-4-13(18)10-12(15)11-17/h4-5,10,14H,6-9,11H2,1-3H3. The number of hydrogen-bond acceptors (Lipinski definition) is 1. The Bertz CT molecular complexity index is 434. The molecule has 1 aromatic carbocycles. The zero-order valence-electron chi connectivity index (χ0n) is 12.0. The molecule has 0 aromatic heterocycles. The minimum atomic E-state index is 0.523. The first kappa shape index (κ1) is 15.2. The van der Waals surface area contributed by atoms with Crippen molar-refractivity contribution in [2.45, 2.75) is 50.9 Å². The van der Waals surface area contributed by atoms with E-state index in [1.54, 1.807) is 0 Å². The third-order valence-electron chi connectivity index (χ3n) is 4.42. The van der Waals surface area contributed by atoms with Gasteiger partial charge in [-0.25, -0.2) is 0 Å². The highest BCUT2D eigenvalue weighted by molar-refractivity contribution is 9.08. The van der Waals surface area contributed by atoms with E-state index in [1.165, 1.54) is 36.9 Å². The number of rotatable bonds is 3. The van der Waals surface area contributed by atoms with Gasteiger partial charge in [0.1, 0.15) is 0 Å². The lowest BCUT2D eigenvalue weighted by Crippen LogP contribution is -2.37. The van der Waals surface area contributed by atoms with Crippen molar-refractivity contribution >= 4 is 33.2 Å². The molecule has 0 N–H and O–H groups in total. The summed E-state index contributed by atoms with van der Waals surface area (Å²) in [5, 5.41) is 1.67. The Morgan fingerprint density at radius 1 is 1.32 bits per heavy atom. The van der Waals surface area contributed by atoms with Gasteiger partial charge in [-0.15, -0.1) is 0 Å². The molecule has 0 unspecified atom stereocenters. The number of hydrogen-bond donors (Lipinski definition) is 0. The molecule has 2 rings (SSSR count). The molecule has 1 saturated carbocycles. The van der Waals surface area contributed by atoms with Crippen LogP contribution >= 0.6 is 27.5 Å². The van der Waals surface area contributed by atoms with Crippen LogP contribution in [-0.4, -0.2) is 13.1 Å². The highest BCUT2D eigenvalue weighted by atomic mass is 79.9. The molecule has 1 aliphatic carbocycles. The molecule has 1 fully saturated rings. The molecular weight excluding hydrogens is 322 g/mol. The lowest BCUT2D eigenvalue weighted by atomic mass is 9.75. The summed E-state index contributed by atoms with van der Waals surface area (Å²) < 4.78 is 0. The monoisotopic (exact) mass is 343 g/mol. The van der Waals surface area contributed by atoms with Crippen molar-refractivity contribution in [1.29, 1.82) is 0 Å². The second-order valence-electron chi connectivity index (χ2n) is 6.41. The largest absolute Gasteiger partial charge is 0.371 e. The smallest absolute Gasteiger partial charge is 0.0410 e. The molecular formula is C16H23BrClN. The summed E-state index contributed by atoms with van der Waals surface area (Å²) in [5.41, 5.74) is 3.11. The average Bonchev–Trinajstić information content (AvgIpc) is 2.37. The maximum absolute atomic E-state index is 6.08. The summed E-state index contributed by atoms with van der Waals surface area (Å²) in [6.45, 7) is 4.77. The van der Waals surface area contributed by atoms with E-state index in [0.717, 1.165) is 10.4 Å². The summed E-state index contributed by atoms with van der Waals surface area (Å²) in [6.07, 6.45) is 5.21. The predicted molar refractivity (Wildman–Crippen MR) is 88.5 cm³/mol. The molecule has 0 radical (unpaired) electrons.